The second-order valence-corrected chi connectivity index (χ2v) is 8.63. The predicted molar refractivity (Wildman–Crippen MR) is 120 cm³/mol. The molecule has 1 saturated carbocycles. The third-order valence-electron chi connectivity index (χ3n) is 6.35. The van der Waals surface area contributed by atoms with Gasteiger partial charge in [-0.3, -0.25) is 9.59 Å². The first-order chi connectivity index (χ1) is 15.0. The molecule has 1 aliphatic heterocycles. The van der Waals surface area contributed by atoms with Crippen LogP contribution in [-0.2, 0) is 16.0 Å². The van der Waals surface area contributed by atoms with Gasteiger partial charge in [0.2, 0.25) is 5.91 Å². The molecule has 6 nitrogen and oxygen atoms in total. The van der Waals surface area contributed by atoms with Crippen LogP contribution in [0.15, 0.2) is 42.5 Å². The van der Waals surface area contributed by atoms with E-state index in [2.05, 4.69) is 18.2 Å². The van der Waals surface area contributed by atoms with Crippen molar-refractivity contribution in [1.82, 2.24) is 0 Å². The first kappa shape index (κ1) is 21.4. The smallest absolute Gasteiger partial charge is 0.305 e. The summed E-state index contributed by atoms with van der Waals surface area (Å²) in [6.45, 7) is 1.32. The number of carboxylic acids is 1. The zero-order chi connectivity index (χ0) is 21.8. The van der Waals surface area contributed by atoms with Crippen LogP contribution in [0.25, 0.3) is 11.1 Å². The standard InChI is InChI=1S/C25H30N2O4/c26-22(15-24(28)29)25(30)27-13-12-20-14-19(8-11-23(20)27)18-6-9-21(10-7-18)31-16-17-4-2-1-3-5-17/h6-11,14,17,22H,1-5,12-13,15-16,26H2,(H,28,29)/t22-/m1/s1. The molecule has 1 heterocycles. The van der Waals surface area contributed by atoms with E-state index in [9.17, 15) is 9.59 Å². The highest BCUT2D eigenvalue weighted by Gasteiger charge is 2.29. The molecule has 0 aromatic heterocycles. The molecule has 2 aliphatic rings. The average Bonchev–Trinajstić information content (AvgIpc) is 3.21. The molecule has 0 spiro atoms. The van der Waals surface area contributed by atoms with Crippen molar-refractivity contribution in [1.29, 1.82) is 0 Å². The molecule has 1 fully saturated rings. The minimum absolute atomic E-state index is 0.339. The Labute approximate surface area is 183 Å². The van der Waals surface area contributed by atoms with E-state index in [1.54, 1.807) is 4.90 Å². The number of aliphatic carboxylic acids is 1. The molecule has 6 heteroatoms. The van der Waals surface area contributed by atoms with Crippen molar-refractivity contribution in [2.45, 2.75) is 51.0 Å². The molecule has 1 amide bonds. The summed E-state index contributed by atoms with van der Waals surface area (Å²) in [6.07, 6.45) is 6.91. The number of nitrogens with two attached hydrogens (primary N) is 1. The highest BCUT2D eigenvalue weighted by atomic mass is 16.5. The summed E-state index contributed by atoms with van der Waals surface area (Å²) in [5.74, 6) is 0.175. The van der Waals surface area contributed by atoms with Crippen molar-refractivity contribution in [3.8, 4) is 16.9 Å². The zero-order valence-corrected chi connectivity index (χ0v) is 17.8. The fraction of sp³-hybridized carbons (Fsp3) is 0.440. The number of ether oxygens (including phenoxy) is 1. The van der Waals surface area contributed by atoms with Gasteiger partial charge < -0.3 is 20.5 Å². The monoisotopic (exact) mass is 422 g/mol. The number of hydrogen-bond donors (Lipinski definition) is 2. The number of amides is 1. The molecule has 1 aliphatic carbocycles. The molecule has 0 saturated heterocycles. The Morgan fingerprint density at radius 2 is 1.77 bits per heavy atom. The summed E-state index contributed by atoms with van der Waals surface area (Å²) in [7, 11) is 0. The van der Waals surface area contributed by atoms with Crippen molar-refractivity contribution < 1.29 is 19.4 Å². The van der Waals surface area contributed by atoms with E-state index in [-0.39, 0.29) is 12.3 Å². The summed E-state index contributed by atoms with van der Waals surface area (Å²) in [6, 6.07) is 13.2. The van der Waals surface area contributed by atoms with Crippen LogP contribution in [0.1, 0.15) is 44.1 Å². The number of fused-ring (bicyclic) bond motifs is 1. The normalized spacial score (nSPS) is 17.3. The van der Waals surface area contributed by atoms with Crippen molar-refractivity contribution >= 4 is 17.6 Å². The molecule has 0 radical (unpaired) electrons. The van der Waals surface area contributed by atoms with E-state index < -0.39 is 12.0 Å². The lowest BCUT2D eigenvalue weighted by Crippen LogP contribution is -2.44. The first-order valence-electron chi connectivity index (χ1n) is 11.2. The van der Waals surface area contributed by atoms with Crippen molar-refractivity contribution in [2.75, 3.05) is 18.1 Å². The van der Waals surface area contributed by atoms with Crippen LogP contribution >= 0.6 is 0 Å². The Morgan fingerprint density at radius 1 is 1.06 bits per heavy atom. The number of carboxylic acid groups (broad SMARTS) is 1. The van der Waals surface area contributed by atoms with Crippen LogP contribution in [0.5, 0.6) is 5.75 Å². The van der Waals surface area contributed by atoms with Crippen LogP contribution < -0.4 is 15.4 Å². The highest BCUT2D eigenvalue weighted by molar-refractivity contribution is 6.00. The number of carbonyl (C=O) groups is 2. The highest BCUT2D eigenvalue weighted by Crippen LogP contribution is 2.33. The molecule has 0 unspecified atom stereocenters. The Hall–Kier alpha value is -2.86. The summed E-state index contributed by atoms with van der Waals surface area (Å²) in [5.41, 5.74) is 9.86. The van der Waals surface area contributed by atoms with Gasteiger partial charge in [-0.25, -0.2) is 0 Å². The maximum atomic E-state index is 12.5. The fourth-order valence-corrected chi connectivity index (χ4v) is 4.60. The van der Waals surface area contributed by atoms with Crippen LogP contribution in [0.4, 0.5) is 5.69 Å². The number of hydrogen-bond acceptors (Lipinski definition) is 4. The molecule has 31 heavy (non-hydrogen) atoms. The Morgan fingerprint density at radius 3 is 2.48 bits per heavy atom. The largest absolute Gasteiger partial charge is 0.493 e. The lowest BCUT2D eigenvalue weighted by atomic mass is 9.90. The molecular formula is C25H30N2O4. The number of rotatable bonds is 7. The van der Waals surface area contributed by atoms with Crippen LogP contribution in [0.2, 0.25) is 0 Å². The Kier molecular flexibility index (Phi) is 6.56. The fourth-order valence-electron chi connectivity index (χ4n) is 4.60. The van der Waals surface area contributed by atoms with Gasteiger partial charge >= 0.3 is 5.97 Å². The molecule has 2 aromatic rings. The van der Waals surface area contributed by atoms with Gasteiger partial charge in [-0.05, 0) is 66.1 Å². The topological polar surface area (TPSA) is 92.9 Å². The van der Waals surface area contributed by atoms with Crippen molar-refractivity contribution in [2.24, 2.45) is 11.7 Å². The Balaban J connectivity index is 1.41. The summed E-state index contributed by atoms with van der Waals surface area (Å²) < 4.78 is 6.00. The predicted octanol–water partition coefficient (Wildman–Crippen LogP) is 4.00. The molecule has 0 bridgehead atoms. The SMILES string of the molecule is N[C@H](CC(=O)O)C(=O)N1CCc2cc(-c3ccc(OCC4CCCCC4)cc3)ccc21. The maximum Gasteiger partial charge on any atom is 0.305 e. The van der Waals surface area contributed by atoms with E-state index in [0.29, 0.717) is 12.5 Å². The number of benzene rings is 2. The van der Waals surface area contributed by atoms with E-state index in [0.717, 1.165) is 41.2 Å². The quantitative estimate of drug-likeness (QED) is 0.703. The summed E-state index contributed by atoms with van der Waals surface area (Å²) in [4.78, 5) is 25.0. The van der Waals surface area contributed by atoms with Crippen molar-refractivity contribution in [3.63, 3.8) is 0 Å². The Bertz CT molecular complexity index is 935. The number of anilines is 1. The van der Waals surface area contributed by atoms with Crippen LogP contribution in [0.3, 0.4) is 0 Å². The molecule has 4 rings (SSSR count). The molecule has 3 N–H and O–H groups in total. The van der Waals surface area contributed by atoms with Gasteiger partial charge in [0.05, 0.1) is 19.1 Å². The minimum Gasteiger partial charge on any atom is -0.493 e. The third-order valence-corrected chi connectivity index (χ3v) is 6.35. The lowest BCUT2D eigenvalue weighted by molar-refractivity contribution is -0.139. The average molecular weight is 423 g/mol. The summed E-state index contributed by atoms with van der Waals surface area (Å²) >= 11 is 0. The lowest BCUT2D eigenvalue weighted by Gasteiger charge is -2.21. The van der Waals surface area contributed by atoms with Gasteiger partial charge in [-0.2, -0.15) is 0 Å². The zero-order valence-electron chi connectivity index (χ0n) is 17.8. The number of nitrogens with zero attached hydrogens (tertiary/aromatic N) is 1. The van der Waals surface area contributed by atoms with Crippen LogP contribution in [0, 0.1) is 5.92 Å². The molecular weight excluding hydrogens is 392 g/mol. The van der Waals surface area contributed by atoms with Crippen molar-refractivity contribution in [3.05, 3.63) is 48.0 Å². The van der Waals surface area contributed by atoms with Gasteiger partial charge in [-0.1, -0.05) is 37.5 Å². The van der Waals surface area contributed by atoms with E-state index >= 15 is 0 Å². The van der Waals surface area contributed by atoms with Gasteiger partial charge in [0, 0.05) is 12.2 Å². The minimum atomic E-state index is -1.07. The van der Waals surface area contributed by atoms with Gasteiger partial charge in [0.25, 0.3) is 0 Å². The molecule has 1 atom stereocenters. The third kappa shape index (κ3) is 5.07. The second kappa shape index (κ2) is 9.52. The molecule has 2 aromatic carbocycles. The van der Waals surface area contributed by atoms with Gasteiger partial charge in [0.1, 0.15) is 5.75 Å². The number of carbonyl (C=O) groups excluding carboxylic acids is 1. The maximum absolute atomic E-state index is 12.5. The van der Waals surface area contributed by atoms with E-state index in [4.69, 9.17) is 15.6 Å². The van der Waals surface area contributed by atoms with E-state index in [1.165, 1.54) is 32.1 Å². The van der Waals surface area contributed by atoms with Gasteiger partial charge in [-0.15, -0.1) is 0 Å². The van der Waals surface area contributed by atoms with Crippen LogP contribution in [-0.4, -0.2) is 36.2 Å². The van der Waals surface area contributed by atoms with E-state index in [1.807, 2.05) is 24.3 Å². The first-order valence-corrected chi connectivity index (χ1v) is 11.2. The van der Waals surface area contributed by atoms with Gasteiger partial charge in [0.15, 0.2) is 0 Å². The molecule has 164 valence electrons. The second-order valence-electron chi connectivity index (χ2n) is 8.63. The summed E-state index contributed by atoms with van der Waals surface area (Å²) in [5, 5.41) is 8.89.